The van der Waals surface area contributed by atoms with Crippen LogP contribution in [0.3, 0.4) is 0 Å². The maximum atomic E-state index is 11.7. The number of likely N-dealkylation sites (N-methyl/N-ethyl adjacent to an activating group) is 1. The summed E-state index contributed by atoms with van der Waals surface area (Å²) in [6, 6.07) is 0. The number of carbonyl (C=O) groups is 1. The quantitative estimate of drug-likeness (QED) is 0.601. The van der Waals surface area contributed by atoms with Gasteiger partial charge in [0.05, 0.1) is 7.11 Å². The van der Waals surface area contributed by atoms with Gasteiger partial charge in [-0.2, -0.15) is 0 Å². The van der Waals surface area contributed by atoms with Gasteiger partial charge in [0.1, 0.15) is 6.10 Å². The Morgan fingerprint density at radius 3 is 2.62 bits per heavy atom. The second kappa shape index (κ2) is 3.64. The number of ether oxygens (including phenoxy) is 1. The van der Waals surface area contributed by atoms with E-state index in [0.29, 0.717) is 6.61 Å². The van der Waals surface area contributed by atoms with E-state index in [9.17, 15) is 4.79 Å². The van der Waals surface area contributed by atoms with E-state index in [2.05, 4.69) is 0 Å². The summed E-state index contributed by atoms with van der Waals surface area (Å²) in [5.74, 6) is -0.106. The predicted octanol–water partition coefficient (Wildman–Crippen LogP) is 0.821. The Hall–Kier alpha value is -0.610. The number of hydrogen-bond acceptors (Lipinski definition) is 3. The molecule has 1 amide bonds. The van der Waals surface area contributed by atoms with Gasteiger partial charge in [0.2, 0.25) is 0 Å². The van der Waals surface area contributed by atoms with Gasteiger partial charge < -0.3 is 4.74 Å². The highest BCUT2D eigenvalue weighted by atomic mass is 16.7. The summed E-state index contributed by atoms with van der Waals surface area (Å²) in [5.41, 5.74) is -0.0795. The van der Waals surface area contributed by atoms with Crippen LogP contribution < -0.4 is 0 Å². The van der Waals surface area contributed by atoms with E-state index in [-0.39, 0.29) is 17.4 Å². The van der Waals surface area contributed by atoms with E-state index < -0.39 is 0 Å². The van der Waals surface area contributed by atoms with Gasteiger partial charge in [-0.25, -0.2) is 5.06 Å². The summed E-state index contributed by atoms with van der Waals surface area (Å²) >= 11 is 0. The van der Waals surface area contributed by atoms with Crippen LogP contribution in [0.15, 0.2) is 0 Å². The van der Waals surface area contributed by atoms with Crippen molar-refractivity contribution in [1.82, 2.24) is 5.06 Å². The van der Waals surface area contributed by atoms with Gasteiger partial charge >= 0.3 is 0 Å². The van der Waals surface area contributed by atoms with Crippen molar-refractivity contribution in [1.29, 1.82) is 0 Å². The molecule has 0 aromatic carbocycles. The molecule has 76 valence electrons. The van der Waals surface area contributed by atoms with Gasteiger partial charge in [-0.05, 0) is 6.42 Å². The van der Waals surface area contributed by atoms with Crippen molar-refractivity contribution in [3.05, 3.63) is 0 Å². The topological polar surface area (TPSA) is 38.8 Å². The summed E-state index contributed by atoms with van der Waals surface area (Å²) in [6.45, 7) is 4.72. The maximum Gasteiger partial charge on any atom is 0.275 e. The standard InChI is InChI=1S/C9H17NO3/c1-9(2)5-6-13-7(9)8(11)10(3)12-4/h7H,5-6H2,1-4H3/t7-/m0/s1. The minimum atomic E-state index is -0.363. The van der Waals surface area contributed by atoms with Gasteiger partial charge in [-0.15, -0.1) is 0 Å². The zero-order valence-corrected chi connectivity index (χ0v) is 8.66. The fourth-order valence-electron chi connectivity index (χ4n) is 1.46. The van der Waals surface area contributed by atoms with Crippen LogP contribution in [0, 0.1) is 5.41 Å². The molecule has 0 aliphatic carbocycles. The smallest absolute Gasteiger partial charge is 0.275 e. The van der Waals surface area contributed by atoms with Crippen molar-refractivity contribution >= 4 is 5.91 Å². The van der Waals surface area contributed by atoms with Crippen molar-refractivity contribution in [2.75, 3.05) is 20.8 Å². The van der Waals surface area contributed by atoms with Gasteiger partial charge in [0.25, 0.3) is 5.91 Å². The molecular formula is C9H17NO3. The molecule has 0 N–H and O–H groups in total. The average Bonchev–Trinajstić information content (AvgIpc) is 2.42. The molecule has 1 rings (SSSR count). The summed E-state index contributed by atoms with van der Waals surface area (Å²) in [5, 5.41) is 1.22. The van der Waals surface area contributed by atoms with Crippen LogP contribution in [0.2, 0.25) is 0 Å². The molecule has 1 aliphatic rings. The lowest BCUT2D eigenvalue weighted by Gasteiger charge is -2.27. The average molecular weight is 187 g/mol. The molecule has 1 atom stereocenters. The van der Waals surface area contributed by atoms with E-state index in [1.54, 1.807) is 7.05 Å². The fraction of sp³-hybridized carbons (Fsp3) is 0.889. The highest BCUT2D eigenvalue weighted by Gasteiger charge is 2.42. The second-order valence-electron chi connectivity index (χ2n) is 4.01. The molecule has 4 heteroatoms. The predicted molar refractivity (Wildman–Crippen MR) is 47.9 cm³/mol. The summed E-state index contributed by atoms with van der Waals surface area (Å²) in [4.78, 5) is 16.5. The second-order valence-corrected chi connectivity index (χ2v) is 4.01. The minimum absolute atomic E-state index is 0.0795. The zero-order chi connectivity index (χ0) is 10.1. The largest absolute Gasteiger partial charge is 0.368 e. The number of amides is 1. The van der Waals surface area contributed by atoms with Gasteiger partial charge in [-0.1, -0.05) is 13.8 Å². The molecular weight excluding hydrogens is 170 g/mol. The molecule has 0 bridgehead atoms. The molecule has 0 spiro atoms. The summed E-state index contributed by atoms with van der Waals surface area (Å²) < 4.78 is 5.38. The first-order chi connectivity index (χ1) is 5.99. The highest BCUT2D eigenvalue weighted by Crippen LogP contribution is 2.34. The third kappa shape index (κ3) is 2.00. The highest BCUT2D eigenvalue weighted by molar-refractivity contribution is 5.80. The van der Waals surface area contributed by atoms with Crippen LogP contribution in [0.25, 0.3) is 0 Å². The third-order valence-corrected chi connectivity index (χ3v) is 2.55. The number of hydrogen-bond donors (Lipinski definition) is 0. The van der Waals surface area contributed by atoms with E-state index in [1.165, 1.54) is 12.2 Å². The molecule has 4 nitrogen and oxygen atoms in total. The summed E-state index contributed by atoms with van der Waals surface area (Å²) in [7, 11) is 3.07. The molecule has 1 fully saturated rings. The van der Waals surface area contributed by atoms with Crippen LogP contribution in [0.4, 0.5) is 0 Å². The van der Waals surface area contributed by atoms with Crippen molar-refractivity contribution in [3.8, 4) is 0 Å². The maximum absolute atomic E-state index is 11.7. The Labute approximate surface area is 78.8 Å². The number of nitrogens with zero attached hydrogens (tertiary/aromatic N) is 1. The number of carbonyl (C=O) groups excluding carboxylic acids is 1. The number of rotatable bonds is 2. The lowest BCUT2D eigenvalue weighted by Crippen LogP contribution is -2.42. The van der Waals surface area contributed by atoms with Crippen molar-refractivity contribution in [2.45, 2.75) is 26.4 Å². The molecule has 13 heavy (non-hydrogen) atoms. The SMILES string of the molecule is CON(C)C(=O)[C@@H]1OCCC1(C)C. The lowest BCUT2D eigenvalue weighted by molar-refractivity contribution is -0.182. The zero-order valence-electron chi connectivity index (χ0n) is 8.66. The number of hydroxylamine groups is 2. The van der Waals surface area contributed by atoms with Crippen LogP contribution in [-0.4, -0.2) is 37.8 Å². The van der Waals surface area contributed by atoms with Crippen LogP contribution in [-0.2, 0) is 14.4 Å². The molecule has 0 aromatic rings. The molecule has 0 saturated carbocycles. The van der Waals surface area contributed by atoms with E-state index in [0.717, 1.165) is 6.42 Å². The van der Waals surface area contributed by atoms with Crippen molar-refractivity contribution < 1.29 is 14.4 Å². The molecule has 1 aliphatic heterocycles. The monoisotopic (exact) mass is 187 g/mol. The van der Waals surface area contributed by atoms with Crippen LogP contribution >= 0.6 is 0 Å². The van der Waals surface area contributed by atoms with Gasteiger partial charge in [0.15, 0.2) is 0 Å². The van der Waals surface area contributed by atoms with E-state index in [1.807, 2.05) is 13.8 Å². The Balaban J connectivity index is 2.66. The molecule has 0 unspecified atom stereocenters. The third-order valence-electron chi connectivity index (χ3n) is 2.55. The normalized spacial score (nSPS) is 26.0. The van der Waals surface area contributed by atoms with Crippen molar-refractivity contribution in [2.24, 2.45) is 5.41 Å². The lowest BCUT2D eigenvalue weighted by atomic mass is 9.85. The van der Waals surface area contributed by atoms with E-state index in [4.69, 9.17) is 9.57 Å². The first-order valence-electron chi connectivity index (χ1n) is 4.42. The molecule has 0 radical (unpaired) electrons. The minimum Gasteiger partial charge on any atom is -0.368 e. The Bertz CT molecular complexity index is 203. The molecule has 1 heterocycles. The molecule has 1 saturated heterocycles. The summed E-state index contributed by atoms with van der Waals surface area (Å²) in [6.07, 6.45) is 0.554. The van der Waals surface area contributed by atoms with Gasteiger partial charge in [-0.3, -0.25) is 9.63 Å². The first kappa shape index (κ1) is 10.5. The Morgan fingerprint density at radius 1 is 1.62 bits per heavy atom. The van der Waals surface area contributed by atoms with E-state index >= 15 is 0 Å². The van der Waals surface area contributed by atoms with Gasteiger partial charge in [0, 0.05) is 19.1 Å². The van der Waals surface area contributed by atoms with Crippen molar-refractivity contribution in [3.63, 3.8) is 0 Å². The van der Waals surface area contributed by atoms with Crippen LogP contribution in [0.1, 0.15) is 20.3 Å². The Morgan fingerprint density at radius 2 is 2.23 bits per heavy atom. The van der Waals surface area contributed by atoms with Crippen LogP contribution in [0.5, 0.6) is 0 Å². The Kier molecular flexibility index (Phi) is 2.93. The first-order valence-corrected chi connectivity index (χ1v) is 4.42. The molecule has 0 aromatic heterocycles. The fourth-order valence-corrected chi connectivity index (χ4v) is 1.46.